The van der Waals surface area contributed by atoms with Crippen molar-refractivity contribution in [2.24, 2.45) is 7.05 Å². The van der Waals surface area contributed by atoms with Gasteiger partial charge in [0, 0.05) is 43.8 Å². The number of carbonyl (C=O) groups excluding carboxylic acids is 1. The minimum atomic E-state index is -0.156. The number of ether oxygens (including phenoxy) is 1. The fourth-order valence-corrected chi connectivity index (χ4v) is 4.71. The lowest BCUT2D eigenvalue weighted by atomic mass is 10.0. The van der Waals surface area contributed by atoms with E-state index in [0.29, 0.717) is 0 Å². The smallest absolute Gasteiger partial charge is 0.244 e. The normalized spacial score (nSPS) is 17.2. The van der Waals surface area contributed by atoms with Crippen LogP contribution in [0, 0.1) is 0 Å². The molecule has 33 heavy (non-hydrogen) atoms. The second-order valence-corrected chi connectivity index (χ2v) is 8.06. The lowest BCUT2D eigenvalue weighted by Crippen LogP contribution is -2.33. The van der Waals surface area contributed by atoms with Gasteiger partial charge in [0.15, 0.2) is 0 Å². The highest BCUT2D eigenvalue weighted by molar-refractivity contribution is 6.00. The molecule has 1 N–H and O–H groups in total. The van der Waals surface area contributed by atoms with E-state index in [-0.39, 0.29) is 30.5 Å². The second kappa shape index (κ2) is 9.61. The maximum atomic E-state index is 13.0. The Hall–Kier alpha value is -3.41. The highest BCUT2D eigenvalue weighted by Gasteiger charge is 2.33. The summed E-state index contributed by atoms with van der Waals surface area (Å²) in [5, 5.41) is 4.16. The van der Waals surface area contributed by atoms with Crippen LogP contribution < -0.4 is 5.32 Å². The van der Waals surface area contributed by atoms with Crippen molar-refractivity contribution in [1.82, 2.24) is 14.9 Å². The number of aryl methyl sites for hydroxylation is 1. The summed E-state index contributed by atoms with van der Waals surface area (Å²) in [6, 6.07) is 22.2. The molecule has 0 unspecified atom stereocenters. The third-order valence-corrected chi connectivity index (χ3v) is 6.22. The van der Waals surface area contributed by atoms with Crippen LogP contribution in [0.1, 0.15) is 22.7 Å². The van der Waals surface area contributed by atoms with Gasteiger partial charge in [0.25, 0.3) is 0 Å². The Morgan fingerprint density at radius 2 is 1.85 bits per heavy atom. The van der Waals surface area contributed by atoms with Gasteiger partial charge in [-0.1, -0.05) is 54.6 Å². The summed E-state index contributed by atoms with van der Waals surface area (Å²) in [5.41, 5.74) is 6.32. The van der Waals surface area contributed by atoms with E-state index in [0.717, 1.165) is 39.8 Å². The number of hydrogen-bond donors (Lipinski definition) is 1. The molecule has 0 saturated heterocycles. The number of nitrogens with zero attached hydrogens (tertiary/aromatic N) is 2. The number of fused-ring (bicyclic) bond motifs is 2. The predicted octanol–water partition coefficient (Wildman–Crippen LogP) is 5.10. The van der Waals surface area contributed by atoms with Gasteiger partial charge in [0.1, 0.15) is 5.65 Å². The van der Waals surface area contributed by atoms with E-state index < -0.39 is 0 Å². The highest BCUT2D eigenvalue weighted by atomic mass is 35.5. The molecule has 5 nitrogen and oxygen atoms in total. The number of benzene rings is 2. The van der Waals surface area contributed by atoms with E-state index in [9.17, 15) is 4.79 Å². The first-order chi connectivity index (χ1) is 15.7. The molecule has 5 rings (SSSR count). The Labute approximate surface area is 199 Å². The summed E-state index contributed by atoms with van der Waals surface area (Å²) in [5.74, 6) is -0.145. The molecule has 6 heteroatoms. The Kier molecular flexibility index (Phi) is 6.63. The Balaban J connectivity index is 0.00000259. The third-order valence-electron chi connectivity index (χ3n) is 6.22. The fraction of sp³-hybridized carbons (Fsp3) is 0.185. The lowest BCUT2D eigenvalue weighted by molar-refractivity contribution is -0.118. The molecule has 0 saturated carbocycles. The number of hydrogen-bond acceptors (Lipinski definition) is 3. The van der Waals surface area contributed by atoms with Crippen LogP contribution in [0.5, 0.6) is 0 Å². The quantitative estimate of drug-likeness (QED) is 0.422. The Bertz CT molecular complexity index is 1310. The van der Waals surface area contributed by atoms with Gasteiger partial charge >= 0.3 is 0 Å². The maximum Gasteiger partial charge on any atom is 0.244 e. The van der Waals surface area contributed by atoms with Crippen molar-refractivity contribution >= 4 is 35.4 Å². The van der Waals surface area contributed by atoms with E-state index in [2.05, 4.69) is 39.1 Å². The molecule has 2 heterocycles. The molecule has 1 amide bonds. The molecule has 2 atom stereocenters. The van der Waals surface area contributed by atoms with Gasteiger partial charge in [0.05, 0.1) is 17.8 Å². The maximum absolute atomic E-state index is 13.0. The zero-order chi connectivity index (χ0) is 22.1. The van der Waals surface area contributed by atoms with Crippen LogP contribution in [0.2, 0.25) is 0 Å². The van der Waals surface area contributed by atoms with Crippen molar-refractivity contribution < 1.29 is 9.53 Å². The molecular weight excluding hydrogens is 434 g/mol. The number of halogens is 1. The fourth-order valence-electron chi connectivity index (χ4n) is 4.71. The van der Waals surface area contributed by atoms with Crippen molar-refractivity contribution in [3.05, 3.63) is 95.7 Å². The molecule has 0 fully saturated rings. The van der Waals surface area contributed by atoms with Crippen LogP contribution in [0.25, 0.3) is 28.4 Å². The zero-order valence-electron chi connectivity index (χ0n) is 18.6. The van der Waals surface area contributed by atoms with Crippen molar-refractivity contribution in [2.45, 2.75) is 18.6 Å². The van der Waals surface area contributed by atoms with E-state index in [4.69, 9.17) is 4.74 Å². The minimum Gasteiger partial charge on any atom is -0.379 e. The molecule has 2 aromatic heterocycles. The van der Waals surface area contributed by atoms with Gasteiger partial charge in [0.2, 0.25) is 5.91 Å². The van der Waals surface area contributed by atoms with E-state index in [1.807, 2.05) is 55.6 Å². The number of carbonyl (C=O) groups is 1. The van der Waals surface area contributed by atoms with Crippen LogP contribution in [0.3, 0.4) is 0 Å². The predicted molar refractivity (Wildman–Crippen MR) is 134 cm³/mol. The van der Waals surface area contributed by atoms with E-state index >= 15 is 0 Å². The summed E-state index contributed by atoms with van der Waals surface area (Å²) in [6.07, 6.45) is 6.03. The van der Waals surface area contributed by atoms with Crippen LogP contribution in [0.4, 0.5) is 0 Å². The molecule has 0 bridgehead atoms. The van der Waals surface area contributed by atoms with Gasteiger partial charge < -0.3 is 14.6 Å². The van der Waals surface area contributed by atoms with Gasteiger partial charge in [-0.25, -0.2) is 4.98 Å². The van der Waals surface area contributed by atoms with Gasteiger partial charge in [-0.2, -0.15) is 0 Å². The number of pyridine rings is 1. The van der Waals surface area contributed by atoms with Crippen molar-refractivity contribution in [3.8, 4) is 11.3 Å². The molecule has 1 aliphatic rings. The minimum absolute atomic E-state index is 0. The van der Waals surface area contributed by atoms with Crippen LogP contribution in [-0.4, -0.2) is 28.7 Å². The summed E-state index contributed by atoms with van der Waals surface area (Å²) in [6.45, 7) is 0. The Morgan fingerprint density at radius 1 is 1.09 bits per heavy atom. The molecule has 2 aromatic carbocycles. The average molecular weight is 460 g/mol. The second-order valence-electron chi connectivity index (χ2n) is 8.06. The summed E-state index contributed by atoms with van der Waals surface area (Å²) in [4.78, 5) is 17.5. The third kappa shape index (κ3) is 4.17. The number of aromatic nitrogens is 2. The molecule has 0 radical (unpaired) electrons. The van der Waals surface area contributed by atoms with Crippen molar-refractivity contribution in [2.75, 3.05) is 7.11 Å². The van der Waals surface area contributed by atoms with Crippen LogP contribution >= 0.6 is 12.4 Å². The number of methoxy groups -OCH3 is 1. The first kappa shape index (κ1) is 22.8. The average Bonchev–Trinajstić information content (AvgIpc) is 3.33. The van der Waals surface area contributed by atoms with Crippen LogP contribution in [0.15, 0.2) is 79.0 Å². The molecular formula is C27H26ClN3O2. The van der Waals surface area contributed by atoms with Crippen molar-refractivity contribution in [3.63, 3.8) is 0 Å². The number of nitrogens with one attached hydrogen (secondary N) is 1. The van der Waals surface area contributed by atoms with Crippen LogP contribution in [-0.2, 0) is 23.0 Å². The number of rotatable bonds is 5. The zero-order valence-corrected chi connectivity index (χ0v) is 19.4. The van der Waals surface area contributed by atoms with E-state index in [1.54, 1.807) is 19.4 Å². The first-order valence-corrected chi connectivity index (χ1v) is 10.8. The standard InChI is InChI=1S/C27H25N3O2.ClH/c1-30-26(18-9-4-3-5-10-18)21(22-13-8-16-28-27(22)30)14-15-24(31)29-25-20-12-7-6-11-19(20)17-23(25)32-2;/h3-16,23,25H,17H2,1-2H3,(H,29,31);1H/t23-,25+;/m0./s1. The molecule has 1 aliphatic carbocycles. The first-order valence-electron chi connectivity index (χ1n) is 10.8. The summed E-state index contributed by atoms with van der Waals surface area (Å²) in [7, 11) is 3.70. The molecule has 4 aromatic rings. The van der Waals surface area contributed by atoms with Gasteiger partial charge in [-0.3, -0.25) is 4.79 Å². The molecule has 168 valence electrons. The molecule has 0 spiro atoms. The summed E-state index contributed by atoms with van der Waals surface area (Å²) >= 11 is 0. The Morgan fingerprint density at radius 3 is 2.64 bits per heavy atom. The molecule has 0 aliphatic heterocycles. The summed E-state index contributed by atoms with van der Waals surface area (Å²) < 4.78 is 7.74. The van der Waals surface area contributed by atoms with Gasteiger partial charge in [-0.05, 0) is 34.9 Å². The topological polar surface area (TPSA) is 56.1 Å². The number of amides is 1. The lowest BCUT2D eigenvalue weighted by Gasteiger charge is -2.20. The van der Waals surface area contributed by atoms with Gasteiger partial charge in [-0.15, -0.1) is 12.4 Å². The van der Waals surface area contributed by atoms with Crippen molar-refractivity contribution in [1.29, 1.82) is 0 Å². The highest BCUT2D eigenvalue weighted by Crippen LogP contribution is 2.34. The SMILES string of the molecule is CO[C@H]1Cc2ccccc2[C@H]1NC(=O)C=Cc1c(-c2ccccc2)n(C)c2ncccc12.Cl. The largest absolute Gasteiger partial charge is 0.379 e. The van der Waals surface area contributed by atoms with E-state index in [1.165, 1.54) is 5.56 Å². The monoisotopic (exact) mass is 459 g/mol.